The topological polar surface area (TPSA) is 0 Å². The van der Waals surface area contributed by atoms with Crippen LogP contribution in [-0.2, 0) is 0 Å². The first-order valence-corrected chi connectivity index (χ1v) is 9.38. The van der Waals surface area contributed by atoms with Gasteiger partial charge in [0.15, 0.2) is 0 Å². The fraction of sp³-hybridized carbons (Fsp3) is 1.00. The Morgan fingerprint density at radius 2 is 0.667 bits per heavy atom. The van der Waals surface area contributed by atoms with E-state index in [0.717, 1.165) is 10.7 Å². The van der Waals surface area contributed by atoms with Crippen molar-refractivity contribution in [2.24, 2.45) is 0 Å². The predicted molar refractivity (Wildman–Crippen MR) is 86.6 cm³/mol. The summed E-state index contributed by atoms with van der Waals surface area (Å²) in [6.07, 6.45) is 0. The maximum absolute atomic E-state index is 3.26. The van der Waals surface area contributed by atoms with Gasteiger partial charge in [-0.1, -0.05) is 127 Å². The zero-order chi connectivity index (χ0) is 10.4. The van der Waals surface area contributed by atoms with Gasteiger partial charge in [-0.15, -0.1) is 0 Å². The lowest BCUT2D eigenvalue weighted by atomic mass is 11.0. The minimum Gasteiger partial charge on any atom is -0.0894 e. The largest absolute Gasteiger partial charge is 0.144 e. The lowest BCUT2D eigenvalue weighted by Crippen LogP contribution is -1.97. The monoisotopic (exact) mass is 683 g/mol. The van der Waals surface area contributed by atoms with Crippen molar-refractivity contribution in [1.82, 2.24) is 0 Å². The summed E-state index contributed by atoms with van der Waals surface area (Å²) < 4.78 is -0.208. The van der Waals surface area contributed by atoms with Crippen LogP contribution in [0.4, 0.5) is 0 Å². The highest BCUT2D eigenvalue weighted by molar-refractivity contribution is 9.40. The van der Waals surface area contributed by atoms with Crippen molar-refractivity contribution >= 4 is 127 Å². The minimum atomic E-state index is -0.104. The molecule has 12 heavy (non-hydrogen) atoms. The third-order valence-corrected chi connectivity index (χ3v) is 8.18. The average Bonchev–Trinajstić information content (AvgIpc) is 1.86. The van der Waals surface area contributed by atoms with Crippen LogP contribution in [0.1, 0.15) is 0 Å². The summed E-state index contributed by atoms with van der Waals surface area (Å²) in [5, 5.41) is 1.67. The minimum absolute atomic E-state index is 0.104. The summed E-state index contributed by atoms with van der Waals surface area (Å²) in [5.74, 6) is 0. The third-order valence-electron chi connectivity index (χ3n) is 0.303. The molecule has 8 heteroatoms. The normalized spacial score (nSPS) is 12.0. The van der Waals surface area contributed by atoms with Crippen molar-refractivity contribution in [2.45, 2.75) is 4.29 Å². The molecule has 0 aliphatic rings. The van der Waals surface area contributed by atoms with Gasteiger partial charge in [0.2, 0.25) is 0 Å². The van der Waals surface area contributed by atoms with Crippen LogP contribution >= 0.6 is 127 Å². The molecule has 0 saturated heterocycles. The summed E-state index contributed by atoms with van der Waals surface area (Å²) in [5.41, 5.74) is 0. The van der Waals surface area contributed by atoms with E-state index in [1.54, 1.807) is 0 Å². The van der Waals surface area contributed by atoms with E-state index >= 15 is 0 Å². The van der Waals surface area contributed by atoms with E-state index in [9.17, 15) is 0 Å². The van der Waals surface area contributed by atoms with Gasteiger partial charge >= 0.3 is 0 Å². The molecule has 0 atom stereocenters. The van der Waals surface area contributed by atoms with Gasteiger partial charge in [0.25, 0.3) is 0 Å². The van der Waals surface area contributed by atoms with Gasteiger partial charge in [-0.2, -0.15) is 0 Å². The number of alkyl halides is 8. The first kappa shape index (κ1) is 18.2. The van der Waals surface area contributed by atoms with E-state index in [1.165, 1.54) is 0 Å². The maximum Gasteiger partial charge on any atom is 0.144 e. The van der Waals surface area contributed by atoms with Crippen molar-refractivity contribution in [3.05, 3.63) is 0 Å². The Bertz CT molecular complexity index is 84.6. The summed E-state index contributed by atoms with van der Waals surface area (Å²) in [7, 11) is 0. The lowest BCUT2D eigenvalue weighted by molar-refractivity contribution is 1.46. The highest BCUT2D eigenvalue weighted by atomic mass is 80.0. The molecule has 0 N–H and O–H groups in total. The molecule has 0 amide bonds. The highest BCUT2D eigenvalue weighted by Crippen LogP contribution is 2.35. The van der Waals surface area contributed by atoms with Crippen LogP contribution in [0.25, 0.3) is 0 Å². The van der Waals surface area contributed by atoms with Crippen LogP contribution in [0, 0.1) is 0 Å². The quantitative estimate of drug-likeness (QED) is 0.257. The molecule has 0 rings (SSSR count). The number of hydrogen-bond acceptors (Lipinski definition) is 0. The van der Waals surface area contributed by atoms with Gasteiger partial charge < -0.3 is 0 Å². The van der Waals surface area contributed by atoms with Gasteiger partial charge in [0.1, 0.15) is 4.29 Å². The van der Waals surface area contributed by atoms with Gasteiger partial charge in [-0.05, 0) is 0 Å². The second-order valence-electron chi connectivity index (χ2n) is 1.50. The molecule has 0 radical (unpaired) electrons. The van der Waals surface area contributed by atoms with E-state index < -0.39 is 0 Å². The summed E-state index contributed by atoms with van der Waals surface area (Å²) in [4.78, 5) is 0. The maximum atomic E-state index is 3.26. The standard InChI is InChI=1S/2C2H2Br4/c2*3-1-2(4,5)6/h2*1H2. The highest BCUT2D eigenvalue weighted by Gasteiger charge is 2.13. The molecule has 0 fully saturated rings. The van der Waals surface area contributed by atoms with Crippen molar-refractivity contribution in [1.29, 1.82) is 0 Å². The second-order valence-corrected chi connectivity index (χ2v) is 17.1. The Morgan fingerprint density at radius 1 is 0.583 bits per heavy atom. The molecular weight excluding hydrogens is 687 g/mol. The number of halogens is 8. The Balaban J connectivity index is 0. The summed E-state index contributed by atoms with van der Waals surface area (Å²) in [6.45, 7) is 0. The zero-order valence-corrected chi connectivity index (χ0v) is 18.1. The van der Waals surface area contributed by atoms with Crippen molar-refractivity contribution in [2.75, 3.05) is 10.7 Å². The fourth-order valence-electron chi connectivity index (χ4n) is 0. The Hall–Kier alpha value is 3.84. The molecule has 0 bridgehead atoms. The Morgan fingerprint density at radius 3 is 0.667 bits per heavy atom. The smallest absolute Gasteiger partial charge is 0.0894 e. The van der Waals surface area contributed by atoms with E-state index in [-0.39, 0.29) is 4.29 Å². The summed E-state index contributed by atoms with van der Waals surface area (Å²) >= 11 is 26.0. The second kappa shape index (κ2) is 8.93. The third kappa shape index (κ3) is 23.6. The van der Waals surface area contributed by atoms with E-state index in [1.807, 2.05) is 0 Å². The van der Waals surface area contributed by atoms with Crippen LogP contribution in [-0.4, -0.2) is 14.9 Å². The molecule has 0 aromatic rings. The van der Waals surface area contributed by atoms with Crippen molar-refractivity contribution < 1.29 is 0 Å². The van der Waals surface area contributed by atoms with E-state index in [0.29, 0.717) is 0 Å². The number of hydrogen-bond donors (Lipinski definition) is 0. The Labute approximate surface area is 140 Å². The molecule has 0 spiro atoms. The van der Waals surface area contributed by atoms with Crippen LogP contribution in [0.15, 0.2) is 0 Å². The van der Waals surface area contributed by atoms with Crippen LogP contribution < -0.4 is 0 Å². The molecule has 0 heterocycles. The fourth-order valence-corrected chi connectivity index (χ4v) is 0. The predicted octanol–water partition coefficient (Wildman–Crippen LogP) is 6.44. The summed E-state index contributed by atoms with van der Waals surface area (Å²) in [6, 6.07) is 0. The molecule has 0 nitrogen and oxygen atoms in total. The molecule has 0 aromatic heterocycles. The molecule has 0 aliphatic heterocycles. The van der Waals surface area contributed by atoms with Gasteiger partial charge in [-0.3, -0.25) is 0 Å². The number of rotatable bonds is 0. The first-order valence-electron chi connectivity index (χ1n) is 2.38. The zero-order valence-electron chi connectivity index (χ0n) is 5.44. The van der Waals surface area contributed by atoms with E-state index in [4.69, 9.17) is 0 Å². The SMILES string of the molecule is BrCC(Br)(Br)Br.BrCC(Br)(Br)Br. The average molecular weight is 691 g/mol. The van der Waals surface area contributed by atoms with Gasteiger partial charge in [0, 0.05) is 10.7 Å². The van der Waals surface area contributed by atoms with Crippen LogP contribution in [0.3, 0.4) is 0 Å². The van der Waals surface area contributed by atoms with Gasteiger partial charge in [0.05, 0.1) is 0 Å². The molecule has 0 saturated carbocycles. The lowest BCUT2D eigenvalue weighted by Gasteiger charge is -2.03. The molecule has 0 aromatic carbocycles. The van der Waals surface area contributed by atoms with Crippen molar-refractivity contribution in [3.63, 3.8) is 0 Å². The first-order chi connectivity index (χ1) is 5.12. The van der Waals surface area contributed by atoms with Crippen LogP contribution in [0.2, 0.25) is 0 Å². The molecule has 76 valence electrons. The van der Waals surface area contributed by atoms with Gasteiger partial charge in [-0.25, -0.2) is 0 Å². The molecule has 0 unspecified atom stereocenters. The molecule has 0 aliphatic carbocycles. The van der Waals surface area contributed by atoms with E-state index in [2.05, 4.69) is 127 Å². The molecular formula is C4H4Br8. The van der Waals surface area contributed by atoms with Crippen LogP contribution in [0.5, 0.6) is 0 Å². The Kier molecular flexibility index (Phi) is 13.6. The van der Waals surface area contributed by atoms with Crippen molar-refractivity contribution in [3.8, 4) is 0 Å².